The third kappa shape index (κ3) is 4.69. The SMILES string of the molecule is Cc1nc(N)c2[nH]c(=O)n(Cc3ccc(Oc4ccc(CN5CCOCC5)nc4)nc3)c2n1. The Kier molecular flexibility index (Phi) is 5.71. The number of nitrogens with zero attached hydrogens (tertiary/aromatic N) is 6. The highest BCUT2D eigenvalue weighted by Crippen LogP contribution is 2.20. The lowest BCUT2D eigenvalue weighted by Crippen LogP contribution is -2.35. The van der Waals surface area contributed by atoms with Crippen LogP contribution in [0.15, 0.2) is 41.5 Å². The minimum Gasteiger partial charge on any atom is -0.437 e. The van der Waals surface area contributed by atoms with Gasteiger partial charge in [0.15, 0.2) is 11.5 Å². The van der Waals surface area contributed by atoms with Gasteiger partial charge < -0.3 is 20.2 Å². The first kappa shape index (κ1) is 21.0. The fourth-order valence-electron chi connectivity index (χ4n) is 3.73. The highest BCUT2D eigenvalue weighted by Gasteiger charge is 2.14. The van der Waals surface area contributed by atoms with Crippen molar-refractivity contribution in [2.45, 2.75) is 20.0 Å². The molecule has 11 nitrogen and oxygen atoms in total. The Balaban J connectivity index is 1.25. The van der Waals surface area contributed by atoms with Crippen molar-refractivity contribution in [2.75, 3.05) is 32.0 Å². The van der Waals surface area contributed by atoms with Crippen LogP contribution in [0.5, 0.6) is 11.6 Å². The molecule has 1 aliphatic rings. The van der Waals surface area contributed by atoms with Gasteiger partial charge in [-0.15, -0.1) is 0 Å². The maximum atomic E-state index is 12.4. The van der Waals surface area contributed by atoms with Gasteiger partial charge in [-0.25, -0.2) is 19.7 Å². The number of aromatic nitrogens is 6. The van der Waals surface area contributed by atoms with E-state index in [1.54, 1.807) is 25.4 Å². The highest BCUT2D eigenvalue weighted by molar-refractivity contribution is 5.81. The molecule has 1 aliphatic heterocycles. The molecule has 170 valence electrons. The largest absolute Gasteiger partial charge is 0.437 e. The van der Waals surface area contributed by atoms with Crippen molar-refractivity contribution in [2.24, 2.45) is 0 Å². The van der Waals surface area contributed by atoms with Crippen molar-refractivity contribution in [3.05, 3.63) is 64.2 Å². The zero-order valence-electron chi connectivity index (χ0n) is 18.2. The lowest BCUT2D eigenvalue weighted by Gasteiger charge is -2.26. The molecule has 33 heavy (non-hydrogen) atoms. The van der Waals surface area contributed by atoms with Crippen molar-refractivity contribution in [3.8, 4) is 11.6 Å². The smallest absolute Gasteiger partial charge is 0.328 e. The predicted molar refractivity (Wildman–Crippen MR) is 121 cm³/mol. The molecule has 0 saturated carbocycles. The summed E-state index contributed by atoms with van der Waals surface area (Å²) in [5, 5.41) is 0. The first-order chi connectivity index (χ1) is 16.0. The number of hydrogen-bond donors (Lipinski definition) is 2. The molecular weight excluding hydrogens is 424 g/mol. The topological polar surface area (TPSA) is 137 Å². The molecule has 1 saturated heterocycles. The van der Waals surface area contributed by atoms with Crippen LogP contribution in [0.4, 0.5) is 5.82 Å². The van der Waals surface area contributed by atoms with Gasteiger partial charge in [-0.2, -0.15) is 0 Å². The minimum atomic E-state index is -0.305. The van der Waals surface area contributed by atoms with Crippen LogP contribution in [-0.4, -0.2) is 60.7 Å². The van der Waals surface area contributed by atoms with Gasteiger partial charge in [0.25, 0.3) is 0 Å². The summed E-state index contributed by atoms with van der Waals surface area (Å²) in [6, 6.07) is 7.45. The van der Waals surface area contributed by atoms with Crippen LogP contribution in [0.3, 0.4) is 0 Å². The molecule has 0 radical (unpaired) electrons. The summed E-state index contributed by atoms with van der Waals surface area (Å²) in [7, 11) is 0. The lowest BCUT2D eigenvalue weighted by molar-refractivity contribution is 0.0336. The van der Waals surface area contributed by atoms with E-state index in [0.29, 0.717) is 35.2 Å². The molecule has 0 amide bonds. The molecule has 0 bridgehead atoms. The molecule has 4 aromatic heterocycles. The molecule has 5 heterocycles. The number of nitrogens with two attached hydrogens (primary N) is 1. The number of morpholine rings is 1. The first-order valence-electron chi connectivity index (χ1n) is 10.7. The van der Waals surface area contributed by atoms with Gasteiger partial charge in [0.2, 0.25) is 5.88 Å². The number of rotatable bonds is 6. The molecule has 1 fully saturated rings. The summed E-state index contributed by atoms with van der Waals surface area (Å²) >= 11 is 0. The molecule has 0 atom stereocenters. The molecular formula is C22H24N8O3. The van der Waals surface area contributed by atoms with E-state index in [4.69, 9.17) is 15.2 Å². The van der Waals surface area contributed by atoms with E-state index in [1.165, 1.54) is 4.57 Å². The summed E-state index contributed by atoms with van der Waals surface area (Å²) in [6.45, 7) is 6.18. The summed E-state index contributed by atoms with van der Waals surface area (Å²) < 4.78 is 12.7. The van der Waals surface area contributed by atoms with E-state index in [9.17, 15) is 4.79 Å². The van der Waals surface area contributed by atoms with Crippen LogP contribution < -0.4 is 16.2 Å². The number of fused-ring (bicyclic) bond motifs is 1. The average Bonchev–Trinajstić information content (AvgIpc) is 3.12. The van der Waals surface area contributed by atoms with Crippen LogP contribution in [-0.2, 0) is 17.8 Å². The van der Waals surface area contributed by atoms with Crippen LogP contribution in [0.25, 0.3) is 11.2 Å². The Morgan fingerprint density at radius 2 is 1.94 bits per heavy atom. The molecule has 5 rings (SSSR count). The summed E-state index contributed by atoms with van der Waals surface area (Å²) in [5.74, 6) is 1.80. The molecule has 0 aliphatic carbocycles. The standard InChI is InChI=1S/C22H24N8O3/c1-14-26-20(23)19-21(27-14)30(22(31)28-19)12-15-2-5-18(25-10-15)33-17-4-3-16(24-11-17)13-29-6-8-32-9-7-29/h2-5,10-11H,6-9,12-13H2,1H3,(H,28,31)(H2,23,26,27). The Morgan fingerprint density at radius 3 is 2.67 bits per heavy atom. The van der Waals surface area contributed by atoms with Gasteiger partial charge in [-0.1, -0.05) is 6.07 Å². The zero-order valence-corrected chi connectivity index (χ0v) is 18.2. The highest BCUT2D eigenvalue weighted by atomic mass is 16.5. The maximum Gasteiger partial charge on any atom is 0.328 e. The molecule has 4 aromatic rings. The van der Waals surface area contributed by atoms with Crippen LogP contribution in [0.2, 0.25) is 0 Å². The Labute approximate surface area is 189 Å². The van der Waals surface area contributed by atoms with E-state index < -0.39 is 0 Å². The van der Waals surface area contributed by atoms with Crippen LogP contribution in [0, 0.1) is 6.92 Å². The van der Waals surface area contributed by atoms with Gasteiger partial charge in [0.05, 0.1) is 31.6 Å². The van der Waals surface area contributed by atoms with Crippen molar-refractivity contribution in [1.29, 1.82) is 0 Å². The Hall–Kier alpha value is -3.83. The maximum absolute atomic E-state index is 12.4. The molecule has 0 aromatic carbocycles. The number of ether oxygens (including phenoxy) is 2. The molecule has 0 spiro atoms. The van der Waals surface area contributed by atoms with E-state index in [0.717, 1.165) is 44.1 Å². The van der Waals surface area contributed by atoms with Gasteiger partial charge in [-0.05, 0) is 24.6 Å². The summed E-state index contributed by atoms with van der Waals surface area (Å²) in [4.78, 5) is 34.7. The second-order valence-electron chi connectivity index (χ2n) is 7.85. The lowest BCUT2D eigenvalue weighted by atomic mass is 10.3. The number of nitrogens with one attached hydrogen (secondary N) is 1. The van der Waals surface area contributed by atoms with Crippen molar-refractivity contribution in [1.82, 2.24) is 34.4 Å². The molecule has 0 unspecified atom stereocenters. The van der Waals surface area contributed by atoms with Crippen LogP contribution >= 0.6 is 0 Å². The van der Waals surface area contributed by atoms with Crippen LogP contribution in [0.1, 0.15) is 17.1 Å². The average molecular weight is 448 g/mol. The fraction of sp³-hybridized carbons (Fsp3) is 0.318. The normalized spacial score (nSPS) is 14.6. The second-order valence-corrected chi connectivity index (χ2v) is 7.85. The predicted octanol–water partition coefficient (Wildman–Crippen LogP) is 1.47. The van der Waals surface area contributed by atoms with E-state index in [-0.39, 0.29) is 11.5 Å². The van der Waals surface area contributed by atoms with Crippen molar-refractivity contribution in [3.63, 3.8) is 0 Å². The number of nitrogen functional groups attached to an aromatic ring is 1. The van der Waals surface area contributed by atoms with Crippen molar-refractivity contribution >= 4 is 17.0 Å². The van der Waals surface area contributed by atoms with Gasteiger partial charge in [0, 0.05) is 31.9 Å². The van der Waals surface area contributed by atoms with E-state index >= 15 is 0 Å². The number of aromatic amines is 1. The zero-order chi connectivity index (χ0) is 22.8. The fourth-order valence-corrected chi connectivity index (χ4v) is 3.73. The van der Waals surface area contributed by atoms with E-state index in [1.807, 2.05) is 18.2 Å². The Bertz CT molecular complexity index is 1310. The monoisotopic (exact) mass is 448 g/mol. The first-order valence-corrected chi connectivity index (χ1v) is 10.7. The number of aryl methyl sites for hydroxylation is 1. The quantitative estimate of drug-likeness (QED) is 0.449. The summed E-state index contributed by atoms with van der Waals surface area (Å²) in [6.07, 6.45) is 3.36. The third-order valence-electron chi connectivity index (χ3n) is 5.41. The summed E-state index contributed by atoms with van der Waals surface area (Å²) in [5.41, 5.74) is 8.30. The number of anilines is 1. The number of pyridine rings is 2. The van der Waals surface area contributed by atoms with Gasteiger partial charge in [-0.3, -0.25) is 14.5 Å². The van der Waals surface area contributed by atoms with E-state index in [2.05, 4.69) is 29.8 Å². The minimum absolute atomic E-state index is 0.250. The van der Waals surface area contributed by atoms with Gasteiger partial charge >= 0.3 is 5.69 Å². The number of H-pyrrole nitrogens is 1. The Morgan fingerprint density at radius 1 is 1.09 bits per heavy atom. The second kappa shape index (κ2) is 8.96. The van der Waals surface area contributed by atoms with Gasteiger partial charge in [0.1, 0.15) is 17.1 Å². The molecule has 11 heteroatoms. The molecule has 3 N–H and O–H groups in total. The van der Waals surface area contributed by atoms with Crippen molar-refractivity contribution < 1.29 is 9.47 Å². The third-order valence-corrected chi connectivity index (χ3v) is 5.41. The number of hydrogen-bond acceptors (Lipinski definition) is 9. The number of imidazole rings is 1.